The third kappa shape index (κ3) is 21.5. The summed E-state index contributed by atoms with van der Waals surface area (Å²) in [7, 11) is 0. The van der Waals surface area contributed by atoms with Crippen LogP contribution in [0.2, 0.25) is 0 Å². The summed E-state index contributed by atoms with van der Waals surface area (Å²) in [6.07, 6.45) is 3.83. The van der Waals surface area contributed by atoms with E-state index in [1.807, 2.05) is 52.0 Å². The Morgan fingerprint density at radius 3 is 0.956 bits per heavy atom. The van der Waals surface area contributed by atoms with E-state index in [2.05, 4.69) is 52.0 Å². The molecule has 11 nitrogen and oxygen atoms in total. The number of rotatable bonds is 32. The van der Waals surface area contributed by atoms with Crippen LogP contribution < -0.4 is 22.8 Å². The summed E-state index contributed by atoms with van der Waals surface area (Å²) in [6, 6.07) is 30.0. The number of hydrogen-bond donors (Lipinski definition) is 0. The number of benzene rings is 4. The van der Waals surface area contributed by atoms with Crippen LogP contribution in [-0.2, 0) is 56.3 Å². The fraction of sp³-hybridized carbons (Fsp3) is 0.489. The maximum Gasteiger partial charge on any atom is 0.440 e. The average Bonchev–Trinajstić information content (AvgIpc) is 3.31. The van der Waals surface area contributed by atoms with Gasteiger partial charge in [0.25, 0.3) is 11.4 Å². The molecule has 0 radical (unpaired) electrons. The van der Waals surface area contributed by atoms with Crippen LogP contribution in [0.3, 0.4) is 0 Å². The van der Waals surface area contributed by atoms with Gasteiger partial charge in [-0.25, -0.2) is 9.13 Å². The number of ether oxygens (including phenoxy) is 1. The average molecular weight is 1130 g/mol. The largest absolute Gasteiger partial charge is 0.457 e. The molecule has 4 unspecified atom stereocenters. The van der Waals surface area contributed by atoms with Crippen LogP contribution in [0.25, 0.3) is 0 Å². The first-order valence-electron chi connectivity index (χ1n) is 22.9. The van der Waals surface area contributed by atoms with Crippen molar-refractivity contribution in [2.24, 2.45) is 0 Å². The van der Waals surface area contributed by atoms with Gasteiger partial charge in [0.05, 0.1) is 26.4 Å². The van der Waals surface area contributed by atoms with Crippen molar-refractivity contribution in [1.82, 2.24) is 0 Å². The summed E-state index contributed by atoms with van der Waals surface area (Å²) in [4.78, 5) is 0. The molecule has 0 aromatic heterocycles. The fourth-order valence-corrected chi connectivity index (χ4v) is 21.9. The van der Waals surface area contributed by atoms with Gasteiger partial charge in [-0.3, -0.25) is 9.05 Å². The molecule has 0 aliphatic rings. The molecule has 4 aromatic rings. The molecule has 0 bridgehead atoms. The van der Waals surface area contributed by atoms with Gasteiger partial charge >= 0.3 is 13.6 Å². The third-order valence-electron chi connectivity index (χ3n) is 8.87. The predicted molar refractivity (Wildman–Crippen MR) is 302 cm³/mol. The Balaban J connectivity index is 0.000000361. The smallest absolute Gasteiger partial charge is 0.440 e. The minimum atomic E-state index is -3.25. The van der Waals surface area contributed by atoms with Crippen LogP contribution in [0.15, 0.2) is 97.1 Å². The summed E-state index contributed by atoms with van der Waals surface area (Å²) in [5, 5.41) is 0. The highest BCUT2D eigenvalue weighted by Crippen LogP contribution is 2.63. The van der Waals surface area contributed by atoms with Gasteiger partial charge in [0.2, 0.25) is 0 Å². The molecule has 0 N–H and O–H groups in total. The van der Waals surface area contributed by atoms with Crippen molar-refractivity contribution < 1.29 is 50.1 Å². The van der Waals surface area contributed by atoms with Gasteiger partial charge in [-0.15, -0.1) is 0 Å². The van der Waals surface area contributed by atoms with E-state index in [4.69, 9.17) is 64.5 Å². The lowest BCUT2D eigenvalue weighted by molar-refractivity contribution is 0.295. The summed E-state index contributed by atoms with van der Waals surface area (Å²) in [6.45, 7) is 15.4. The van der Waals surface area contributed by atoms with E-state index in [1.54, 1.807) is 85.1 Å². The Kier molecular flexibility index (Phi) is 28.3. The maximum atomic E-state index is 12.8. The zero-order chi connectivity index (χ0) is 50.1. The standard InChI is InChI=1S/C25H38O4P2S4.C22H32O7P2S2/c1-7-19-34-30(32,26-9-3)28-23-15-11-21(12-16-23)25(5,6)22-13-17-24(18-14-22)29-31(33,27-10-4)35-20-8-2;1-5-17-32-30(23,25-7-3)28-21-13-9-19(10-14-21)27-20-11-15-22(16-12-20)29-31(24,26-8-4)33-18-6-2/h11-18H,7-10,19-20H2,1-6H3;9-16H,5-8,17-18H2,1-4H3. The van der Waals surface area contributed by atoms with Gasteiger partial charge in [0, 0.05) is 28.4 Å². The summed E-state index contributed by atoms with van der Waals surface area (Å²) in [5.41, 5.74) is -2.62. The highest BCUT2D eigenvalue weighted by Gasteiger charge is 2.29. The lowest BCUT2D eigenvalue weighted by Gasteiger charge is -2.27. The highest BCUT2D eigenvalue weighted by molar-refractivity contribution is 8.68. The SMILES string of the molecule is CCCSP(=O)(OCC)Oc1ccc(Oc2ccc(OP(=O)(OCC)SCCC)cc2)cc1.CCCSP(=S)(OCC)Oc1ccc(C(C)(C)c2ccc(OP(=S)(OCC)SCCC)cc2)cc1. The minimum absolute atomic E-state index is 0.203. The second-order valence-electron chi connectivity index (χ2n) is 14.9. The van der Waals surface area contributed by atoms with E-state index in [1.165, 1.54) is 33.9 Å². The van der Waals surface area contributed by atoms with Crippen molar-refractivity contribution in [1.29, 1.82) is 0 Å². The second kappa shape index (κ2) is 31.5. The van der Waals surface area contributed by atoms with Crippen LogP contribution in [0.4, 0.5) is 0 Å². The molecule has 0 saturated carbocycles. The molecule has 4 atom stereocenters. The molecule has 21 heteroatoms. The fourth-order valence-electron chi connectivity index (χ4n) is 5.63. The molecular weight excluding hydrogens is 1060 g/mol. The topological polar surface area (TPSA) is 117 Å². The molecule has 380 valence electrons. The van der Waals surface area contributed by atoms with E-state index in [-0.39, 0.29) is 5.41 Å². The van der Waals surface area contributed by atoms with E-state index in [0.717, 1.165) is 48.7 Å². The molecule has 0 amide bonds. The van der Waals surface area contributed by atoms with Crippen LogP contribution in [-0.4, -0.2) is 49.4 Å². The Hall–Kier alpha value is -1.12. The molecule has 0 spiro atoms. The van der Waals surface area contributed by atoms with Crippen LogP contribution in [0.1, 0.15) is 106 Å². The molecule has 0 saturated heterocycles. The monoisotopic (exact) mass is 1130 g/mol. The van der Waals surface area contributed by atoms with Crippen molar-refractivity contribution in [3.63, 3.8) is 0 Å². The minimum Gasteiger partial charge on any atom is -0.457 e. The van der Waals surface area contributed by atoms with E-state index >= 15 is 0 Å². The van der Waals surface area contributed by atoms with Crippen LogP contribution in [0.5, 0.6) is 34.5 Å². The molecule has 0 fully saturated rings. The Bertz CT molecular complexity index is 2080. The van der Waals surface area contributed by atoms with Crippen molar-refractivity contribution in [2.45, 2.75) is 100 Å². The quantitative estimate of drug-likeness (QED) is 0.0431. The Labute approximate surface area is 433 Å². The molecule has 0 heterocycles. The molecule has 0 aliphatic heterocycles. The maximum absolute atomic E-state index is 12.8. The van der Waals surface area contributed by atoms with Crippen LogP contribution in [0, 0.1) is 0 Å². The molecule has 68 heavy (non-hydrogen) atoms. The lowest BCUT2D eigenvalue weighted by Crippen LogP contribution is -2.18. The first kappa shape index (κ1) is 61.2. The Morgan fingerprint density at radius 1 is 0.397 bits per heavy atom. The zero-order valence-electron chi connectivity index (χ0n) is 41.0. The summed E-state index contributed by atoms with van der Waals surface area (Å²) >= 11 is 17.1. The first-order valence-corrected chi connectivity index (χ1v) is 37.6. The first-order chi connectivity index (χ1) is 32.5. The van der Waals surface area contributed by atoms with E-state index in [0.29, 0.717) is 60.9 Å². The molecule has 0 aliphatic carbocycles. The third-order valence-corrected chi connectivity index (χ3v) is 27.7. The van der Waals surface area contributed by atoms with Gasteiger partial charge < -0.3 is 31.9 Å². The molecule has 4 rings (SSSR count). The van der Waals surface area contributed by atoms with Gasteiger partial charge in [-0.05, 0) is 184 Å². The van der Waals surface area contributed by atoms with Crippen molar-refractivity contribution in [3.05, 3.63) is 108 Å². The van der Waals surface area contributed by atoms with Gasteiger partial charge in [0.15, 0.2) is 0 Å². The second-order valence-corrected chi connectivity index (χ2v) is 35.8. The normalized spacial score (nSPS) is 15.0. The van der Waals surface area contributed by atoms with E-state index < -0.39 is 25.0 Å². The van der Waals surface area contributed by atoms with Crippen molar-refractivity contribution in [2.75, 3.05) is 49.4 Å². The van der Waals surface area contributed by atoms with Crippen molar-refractivity contribution >= 4 is 94.1 Å². The number of hydrogen-bond acceptors (Lipinski definition) is 17. The van der Waals surface area contributed by atoms with E-state index in [9.17, 15) is 9.13 Å². The van der Waals surface area contributed by atoms with Gasteiger partial charge in [-0.2, -0.15) is 0 Å². The van der Waals surface area contributed by atoms with Crippen molar-refractivity contribution in [3.8, 4) is 34.5 Å². The van der Waals surface area contributed by atoms with Crippen LogP contribution >= 0.6 is 70.5 Å². The molecular formula is C47H70O11P4S6. The predicted octanol–water partition coefficient (Wildman–Crippen LogP) is 18.4. The zero-order valence-corrected chi connectivity index (χ0v) is 49.4. The Morgan fingerprint density at radius 2 is 0.662 bits per heavy atom. The summed E-state index contributed by atoms with van der Waals surface area (Å²) in [5.74, 6) is 6.80. The lowest BCUT2D eigenvalue weighted by atomic mass is 9.78. The van der Waals surface area contributed by atoms with Gasteiger partial charge in [-0.1, -0.05) is 88.6 Å². The summed E-state index contributed by atoms with van der Waals surface area (Å²) < 4.78 is 77.4. The van der Waals surface area contributed by atoms with Gasteiger partial charge in [0.1, 0.15) is 34.5 Å². The highest BCUT2D eigenvalue weighted by atomic mass is 32.9. The molecule has 4 aromatic carbocycles.